The molecule has 0 radical (unpaired) electrons. The number of nitrogens with zero attached hydrogens (tertiary/aromatic N) is 2. The monoisotopic (exact) mass is 379 g/mol. The lowest BCUT2D eigenvalue weighted by atomic mass is 9.90. The molecule has 2 heterocycles. The van der Waals surface area contributed by atoms with Gasteiger partial charge < -0.3 is 9.88 Å². The molecule has 0 aliphatic carbocycles. The third-order valence-corrected chi connectivity index (χ3v) is 5.11. The molecular weight excluding hydrogens is 355 g/mol. The maximum atomic E-state index is 12.6. The number of halogens is 3. The van der Waals surface area contributed by atoms with Gasteiger partial charge in [0.2, 0.25) is 0 Å². The Balaban J connectivity index is 1.55. The van der Waals surface area contributed by atoms with Crippen molar-refractivity contribution in [2.75, 3.05) is 19.6 Å². The Bertz CT molecular complexity index is 750. The first-order chi connectivity index (χ1) is 12.8. The van der Waals surface area contributed by atoms with Crippen LogP contribution in [0.5, 0.6) is 0 Å². The van der Waals surface area contributed by atoms with Crippen LogP contribution in [0.3, 0.4) is 0 Å². The van der Waals surface area contributed by atoms with E-state index in [1.807, 2.05) is 54.2 Å². The Morgan fingerprint density at radius 3 is 2.48 bits per heavy atom. The number of rotatable bonds is 5. The minimum atomic E-state index is -4.16. The number of hydrogen-bond donors (Lipinski definition) is 1. The molecule has 1 atom stereocenters. The SMILES string of the molecule is CC(NC(=O)c1cccc(-n2cccc2)c1)C1CCN(CC(F)(F)F)CC1. The summed E-state index contributed by atoms with van der Waals surface area (Å²) >= 11 is 0. The molecule has 7 heteroatoms. The highest BCUT2D eigenvalue weighted by Gasteiger charge is 2.33. The van der Waals surface area contributed by atoms with Crippen molar-refractivity contribution in [2.24, 2.45) is 5.92 Å². The fourth-order valence-electron chi connectivity index (χ4n) is 3.59. The molecule has 1 unspecified atom stereocenters. The summed E-state index contributed by atoms with van der Waals surface area (Å²) < 4.78 is 39.4. The normalized spacial score (nSPS) is 17.6. The molecular formula is C20H24F3N3O. The Labute approximate surface area is 157 Å². The standard InChI is InChI=1S/C20H24F3N3O/c1-15(16-7-11-25(12-8-16)14-20(21,22)23)24-19(27)17-5-4-6-18(13-17)26-9-2-3-10-26/h2-6,9-10,13,15-16H,7-8,11-12,14H2,1H3,(H,24,27). The van der Waals surface area contributed by atoms with E-state index in [9.17, 15) is 18.0 Å². The van der Waals surface area contributed by atoms with Gasteiger partial charge in [0.15, 0.2) is 0 Å². The number of benzene rings is 1. The van der Waals surface area contributed by atoms with Gasteiger partial charge in [-0.25, -0.2) is 0 Å². The van der Waals surface area contributed by atoms with Crippen LogP contribution < -0.4 is 5.32 Å². The minimum absolute atomic E-state index is 0.0826. The first kappa shape index (κ1) is 19.5. The molecule has 1 saturated heterocycles. The summed E-state index contributed by atoms with van der Waals surface area (Å²) in [7, 11) is 0. The maximum absolute atomic E-state index is 12.6. The van der Waals surface area contributed by atoms with Crippen molar-refractivity contribution >= 4 is 5.91 Å². The number of piperidine rings is 1. The van der Waals surface area contributed by atoms with Gasteiger partial charge in [-0.05, 0) is 69.1 Å². The van der Waals surface area contributed by atoms with Gasteiger partial charge in [-0.2, -0.15) is 13.2 Å². The fraction of sp³-hybridized carbons (Fsp3) is 0.450. The third-order valence-electron chi connectivity index (χ3n) is 5.11. The molecule has 1 aliphatic rings. The van der Waals surface area contributed by atoms with E-state index >= 15 is 0 Å². The van der Waals surface area contributed by atoms with Gasteiger partial charge in [0.25, 0.3) is 5.91 Å². The lowest BCUT2D eigenvalue weighted by Crippen LogP contribution is -2.46. The van der Waals surface area contributed by atoms with E-state index in [1.54, 1.807) is 6.07 Å². The lowest BCUT2D eigenvalue weighted by Gasteiger charge is -2.35. The second kappa shape index (κ2) is 8.17. The van der Waals surface area contributed by atoms with Gasteiger partial charge in [0, 0.05) is 29.7 Å². The van der Waals surface area contributed by atoms with Crippen LogP contribution in [0.25, 0.3) is 5.69 Å². The minimum Gasteiger partial charge on any atom is -0.349 e. The molecule has 146 valence electrons. The van der Waals surface area contributed by atoms with Crippen LogP contribution in [0.15, 0.2) is 48.8 Å². The van der Waals surface area contributed by atoms with E-state index in [0.29, 0.717) is 31.5 Å². The Morgan fingerprint density at radius 2 is 1.85 bits per heavy atom. The number of carbonyl (C=O) groups excluding carboxylic acids is 1. The van der Waals surface area contributed by atoms with Crippen LogP contribution in [0.4, 0.5) is 13.2 Å². The average molecular weight is 379 g/mol. The quantitative estimate of drug-likeness (QED) is 0.856. The third kappa shape index (κ3) is 5.35. The van der Waals surface area contributed by atoms with E-state index in [0.717, 1.165) is 5.69 Å². The highest BCUT2D eigenvalue weighted by atomic mass is 19.4. The summed E-state index contributed by atoms with van der Waals surface area (Å²) in [6, 6.07) is 11.1. The summed E-state index contributed by atoms with van der Waals surface area (Å²) in [5, 5.41) is 3.01. The zero-order valence-corrected chi connectivity index (χ0v) is 15.2. The number of amides is 1. The molecule has 27 heavy (non-hydrogen) atoms. The van der Waals surface area contributed by atoms with E-state index in [4.69, 9.17) is 0 Å². The molecule has 1 aliphatic heterocycles. The van der Waals surface area contributed by atoms with Crippen molar-refractivity contribution in [2.45, 2.75) is 32.0 Å². The van der Waals surface area contributed by atoms with Crippen LogP contribution in [-0.2, 0) is 0 Å². The average Bonchev–Trinajstić information content (AvgIpc) is 3.15. The number of aromatic nitrogens is 1. The van der Waals surface area contributed by atoms with Crippen molar-refractivity contribution in [1.82, 2.24) is 14.8 Å². The van der Waals surface area contributed by atoms with Crippen LogP contribution in [0.2, 0.25) is 0 Å². The molecule has 0 bridgehead atoms. The fourth-order valence-corrected chi connectivity index (χ4v) is 3.59. The van der Waals surface area contributed by atoms with Crippen molar-refractivity contribution in [3.63, 3.8) is 0 Å². The molecule has 2 aromatic rings. The van der Waals surface area contributed by atoms with Crippen molar-refractivity contribution in [3.8, 4) is 5.69 Å². The Hall–Kier alpha value is -2.28. The number of carbonyl (C=O) groups is 1. The zero-order chi connectivity index (χ0) is 19.4. The molecule has 0 saturated carbocycles. The van der Waals surface area contributed by atoms with Gasteiger partial charge in [0.1, 0.15) is 0 Å². The highest BCUT2D eigenvalue weighted by molar-refractivity contribution is 5.94. The zero-order valence-electron chi connectivity index (χ0n) is 15.2. The first-order valence-corrected chi connectivity index (χ1v) is 9.15. The molecule has 4 nitrogen and oxygen atoms in total. The molecule has 3 rings (SSSR count). The summed E-state index contributed by atoms with van der Waals surface area (Å²) in [6.45, 7) is 1.89. The van der Waals surface area contributed by atoms with E-state index < -0.39 is 12.7 Å². The Kier molecular flexibility index (Phi) is 5.89. The summed E-state index contributed by atoms with van der Waals surface area (Å²) in [5.74, 6) is 0.0280. The molecule has 1 N–H and O–H groups in total. The molecule has 1 aromatic heterocycles. The summed E-state index contributed by atoms with van der Waals surface area (Å²) in [6.07, 6.45) is 0.974. The van der Waals surface area contributed by atoms with Crippen LogP contribution in [-0.4, -0.2) is 47.2 Å². The second-order valence-corrected chi connectivity index (χ2v) is 7.13. The van der Waals surface area contributed by atoms with Gasteiger partial charge in [0.05, 0.1) is 6.54 Å². The van der Waals surface area contributed by atoms with Crippen LogP contribution in [0, 0.1) is 5.92 Å². The largest absolute Gasteiger partial charge is 0.401 e. The predicted octanol–water partition coefficient (Wildman–Crippen LogP) is 3.87. The molecule has 0 spiro atoms. The van der Waals surface area contributed by atoms with Crippen molar-refractivity contribution in [1.29, 1.82) is 0 Å². The topological polar surface area (TPSA) is 37.3 Å². The first-order valence-electron chi connectivity index (χ1n) is 9.15. The summed E-state index contributed by atoms with van der Waals surface area (Å²) in [4.78, 5) is 14.0. The lowest BCUT2D eigenvalue weighted by molar-refractivity contribution is -0.148. The predicted molar refractivity (Wildman–Crippen MR) is 97.9 cm³/mol. The molecule has 1 amide bonds. The smallest absolute Gasteiger partial charge is 0.349 e. The molecule has 1 fully saturated rings. The molecule has 1 aromatic carbocycles. The van der Waals surface area contributed by atoms with Crippen molar-refractivity contribution < 1.29 is 18.0 Å². The Morgan fingerprint density at radius 1 is 1.19 bits per heavy atom. The van der Waals surface area contributed by atoms with Gasteiger partial charge >= 0.3 is 6.18 Å². The highest BCUT2D eigenvalue weighted by Crippen LogP contribution is 2.24. The van der Waals surface area contributed by atoms with Gasteiger partial charge in [-0.15, -0.1) is 0 Å². The van der Waals surface area contributed by atoms with Crippen LogP contribution >= 0.6 is 0 Å². The second-order valence-electron chi connectivity index (χ2n) is 7.13. The van der Waals surface area contributed by atoms with E-state index in [-0.39, 0.29) is 17.9 Å². The van der Waals surface area contributed by atoms with E-state index in [1.165, 1.54) is 4.90 Å². The number of likely N-dealkylation sites (tertiary alicyclic amines) is 1. The van der Waals surface area contributed by atoms with Gasteiger partial charge in [-0.1, -0.05) is 6.07 Å². The van der Waals surface area contributed by atoms with E-state index in [2.05, 4.69) is 5.32 Å². The number of hydrogen-bond acceptors (Lipinski definition) is 2. The number of nitrogens with one attached hydrogen (secondary N) is 1. The number of alkyl halides is 3. The van der Waals surface area contributed by atoms with Crippen molar-refractivity contribution in [3.05, 3.63) is 54.4 Å². The van der Waals surface area contributed by atoms with Gasteiger partial charge in [-0.3, -0.25) is 9.69 Å². The maximum Gasteiger partial charge on any atom is 0.401 e. The summed E-state index contributed by atoms with van der Waals surface area (Å²) in [5.41, 5.74) is 1.48. The van der Waals surface area contributed by atoms with Crippen LogP contribution in [0.1, 0.15) is 30.1 Å².